The first-order valence-corrected chi connectivity index (χ1v) is 7.77. The van der Waals surface area contributed by atoms with E-state index in [0.717, 1.165) is 22.9 Å². The fourth-order valence-electron chi connectivity index (χ4n) is 2.31. The van der Waals surface area contributed by atoms with Crippen molar-refractivity contribution in [2.75, 3.05) is 0 Å². The minimum absolute atomic E-state index is 0.368. The van der Waals surface area contributed by atoms with Gasteiger partial charge in [-0.25, -0.2) is 0 Å². The molecule has 0 amide bonds. The van der Waals surface area contributed by atoms with Gasteiger partial charge in [-0.15, -0.1) is 6.58 Å². The summed E-state index contributed by atoms with van der Waals surface area (Å²) in [7, 11) is 0. The monoisotopic (exact) mass is 336 g/mol. The van der Waals surface area contributed by atoms with Crippen LogP contribution in [0.1, 0.15) is 46.1 Å². The Morgan fingerprint density at radius 3 is 2.25 bits per heavy atom. The van der Waals surface area contributed by atoms with Gasteiger partial charge in [0.05, 0.1) is 5.60 Å². The number of rotatable bonds is 6. The second-order valence-corrected chi connectivity index (χ2v) is 6.94. The molecule has 0 heterocycles. The molecule has 0 unspecified atom stereocenters. The molecule has 0 aliphatic carbocycles. The third-order valence-electron chi connectivity index (χ3n) is 4.19. The van der Waals surface area contributed by atoms with Crippen LogP contribution in [0.3, 0.4) is 0 Å². The second-order valence-electron chi connectivity index (χ2n) is 6.02. The largest absolute Gasteiger partial charge is 0.385 e. The summed E-state index contributed by atoms with van der Waals surface area (Å²) >= 11 is 3.43. The molecule has 1 aromatic carbocycles. The van der Waals surface area contributed by atoms with E-state index in [1.807, 2.05) is 37.3 Å². The molecule has 0 bridgehead atoms. The highest BCUT2D eigenvalue weighted by molar-refractivity contribution is 9.10. The van der Waals surface area contributed by atoms with E-state index in [1.165, 1.54) is 5.57 Å². The number of aliphatic hydroxyl groups is 1. The minimum Gasteiger partial charge on any atom is -0.385 e. The lowest BCUT2D eigenvalue weighted by molar-refractivity contribution is -0.0440. The van der Waals surface area contributed by atoms with Crippen LogP contribution < -0.4 is 0 Å². The molecule has 2 heteroatoms. The highest BCUT2D eigenvalue weighted by Crippen LogP contribution is 2.44. The van der Waals surface area contributed by atoms with Crippen LogP contribution in [0.4, 0.5) is 0 Å². The molecule has 0 saturated heterocycles. The quantitative estimate of drug-likeness (QED) is 0.670. The van der Waals surface area contributed by atoms with Gasteiger partial charge in [0.25, 0.3) is 0 Å². The molecular weight excluding hydrogens is 312 g/mol. The minimum atomic E-state index is -0.940. The van der Waals surface area contributed by atoms with Crippen molar-refractivity contribution >= 4 is 15.9 Å². The fraction of sp³-hybridized carbons (Fsp3) is 0.444. The topological polar surface area (TPSA) is 20.2 Å². The Balaban J connectivity index is 3.03. The van der Waals surface area contributed by atoms with E-state index in [9.17, 15) is 5.11 Å². The Morgan fingerprint density at radius 1 is 1.25 bits per heavy atom. The zero-order valence-corrected chi connectivity index (χ0v) is 14.5. The highest BCUT2D eigenvalue weighted by atomic mass is 79.9. The van der Waals surface area contributed by atoms with E-state index in [0.29, 0.717) is 0 Å². The molecular formula is C18H25BrO. The fourth-order valence-corrected chi connectivity index (χ4v) is 2.57. The van der Waals surface area contributed by atoms with Crippen LogP contribution in [0.15, 0.2) is 53.0 Å². The average Bonchev–Trinajstić information content (AvgIpc) is 2.38. The SMILES string of the molecule is C=C[C@](C)(CCC=C(C)C)[C@@](C)(O)c1ccc(Br)cc1. The molecule has 0 aromatic heterocycles. The zero-order valence-electron chi connectivity index (χ0n) is 12.9. The van der Waals surface area contributed by atoms with Crippen molar-refractivity contribution in [1.82, 2.24) is 0 Å². The van der Waals surface area contributed by atoms with E-state index in [-0.39, 0.29) is 5.41 Å². The van der Waals surface area contributed by atoms with E-state index < -0.39 is 5.60 Å². The molecule has 0 spiro atoms. The van der Waals surface area contributed by atoms with Gasteiger partial charge in [-0.1, -0.05) is 52.7 Å². The van der Waals surface area contributed by atoms with Crippen LogP contribution in [-0.2, 0) is 5.60 Å². The summed E-state index contributed by atoms with van der Waals surface area (Å²) in [5.74, 6) is 0. The molecule has 1 nitrogen and oxygen atoms in total. The maximum Gasteiger partial charge on any atom is 0.0956 e. The summed E-state index contributed by atoms with van der Waals surface area (Å²) in [5, 5.41) is 11.1. The van der Waals surface area contributed by atoms with Gasteiger partial charge < -0.3 is 5.11 Å². The van der Waals surface area contributed by atoms with Gasteiger partial charge in [0.1, 0.15) is 0 Å². The number of hydrogen-bond acceptors (Lipinski definition) is 1. The van der Waals surface area contributed by atoms with Crippen molar-refractivity contribution in [2.45, 2.75) is 46.1 Å². The second kappa shape index (κ2) is 6.73. The van der Waals surface area contributed by atoms with Crippen molar-refractivity contribution < 1.29 is 5.11 Å². The number of halogens is 1. The van der Waals surface area contributed by atoms with Crippen LogP contribution in [0, 0.1) is 5.41 Å². The Labute approximate surface area is 131 Å². The molecule has 0 aliphatic rings. The maximum atomic E-state index is 11.1. The summed E-state index contributed by atoms with van der Waals surface area (Å²) < 4.78 is 1.02. The van der Waals surface area contributed by atoms with Gasteiger partial charge in [0, 0.05) is 9.89 Å². The van der Waals surface area contributed by atoms with Crippen molar-refractivity contribution in [3.05, 3.63) is 58.6 Å². The molecule has 1 N–H and O–H groups in total. The van der Waals surface area contributed by atoms with Gasteiger partial charge in [-0.2, -0.15) is 0 Å². The molecule has 0 saturated carbocycles. The smallest absolute Gasteiger partial charge is 0.0956 e. The number of benzene rings is 1. The zero-order chi connectivity index (χ0) is 15.4. The summed E-state index contributed by atoms with van der Waals surface area (Å²) in [6.07, 6.45) is 5.90. The van der Waals surface area contributed by atoms with Crippen LogP contribution in [0.5, 0.6) is 0 Å². The molecule has 1 aromatic rings. The van der Waals surface area contributed by atoms with E-state index >= 15 is 0 Å². The summed E-state index contributed by atoms with van der Waals surface area (Å²) in [4.78, 5) is 0. The van der Waals surface area contributed by atoms with Gasteiger partial charge in [-0.05, 0) is 51.3 Å². The Morgan fingerprint density at radius 2 is 1.80 bits per heavy atom. The van der Waals surface area contributed by atoms with E-state index in [4.69, 9.17) is 0 Å². The maximum absolute atomic E-state index is 11.1. The third-order valence-corrected chi connectivity index (χ3v) is 4.71. The van der Waals surface area contributed by atoms with Crippen LogP contribution >= 0.6 is 15.9 Å². The molecule has 0 radical (unpaired) electrons. The first-order chi connectivity index (χ1) is 9.23. The summed E-state index contributed by atoms with van der Waals surface area (Å²) in [6.45, 7) is 12.1. The number of allylic oxidation sites excluding steroid dienone is 2. The number of hydrogen-bond donors (Lipinski definition) is 1. The van der Waals surface area contributed by atoms with Gasteiger partial charge in [0.2, 0.25) is 0 Å². The van der Waals surface area contributed by atoms with Crippen molar-refractivity contribution in [3.63, 3.8) is 0 Å². The van der Waals surface area contributed by atoms with Gasteiger partial charge in [-0.3, -0.25) is 0 Å². The highest BCUT2D eigenvalue weighted by Gasteiger charge is 2.41. The standard InChI is InChI=1S/C18H25BrO/c1-6-17(4,13-7-8-14(2)3)18(5,20)15-9-11-16(19)12-10-15/h6,8-12,20H,1,7,13H2,2-5H3/t17-,18+/m1/s1. The molecule has 0 fully saturated rings. The van der Waals surface area contributed by atoms with Gasteiger partial charge in [0.15, 0.2) is 0 Å². The lowest BCUT2D eigenvalue weighted by Crippen LogP contribution is -2.40. The molecule has 110 valence electrons. The van der Waals surface area contributed by atoms with Crippen LogP contribution in [-0.4, -0.2) is 5.11 Å². The van der Waals surface area contributed by atoms with E-state index in [2.05, 4.69) is 49.4 Å². The average molecular weight is 337 g/mol. The lowest BCUT2D eigenvalue weighted by atomic mass is 9.68. The molecule has 20 heavy (non-hydrogen) atoms. The predicted octanol–water partition coefficient (Wildman–Crippen LogP) is 5.60. The van der Waals surface area contributed by atoms with Crippen molar-refractivity contribution in [1.29, 1.82) is 0 Å². The van der Waals surface area contributed by atoms with Gasteiger partial charge >= 0.3 is 0 Å². The predicted molar refractivity (Wildman–Crippen MR) is 90.7 cm³/mol. The van der Waals surface area contributed by atoms with Crippen molar-refractivity contribution in [2.24, 2.45) is 5.41 Å². The summed E-state index contributed by atoms with van der Waals surface area (Å²) in [6, 6.07) is 7.85. The first-order valence-electron chi connectivity index (χ1n) is 6.98. The molecule has 0 aliphatic heterocycles. The normalized spacial score (nSPS) is 16.9. The Hall–Kier alpha value is -0.860. The lowest BCUT2D eigenvalue weighted by Gasteiger charge is -2.41. The molecule has 2 atom stereocenters. The molecule has 1 rings (SSSR count). The Kier molecular flexibility index (Phi) is 5.79. The first kappa shape index (κ1) is 17.2. The van der Waals surface area contributed by atoms with Crippen LogP contribution in [0.25, 0.3) is 0 Å². The Bertz CT molecular complexity index is 481. The van der Waals surface area contributed by atoms with Crippen molar-refractivity contribution in [3.8, 4) is 0 Å². The third kappa shape index (κ3) is 3.83. The summed E-state index contributed by atoms with van der Waals surface area (Å²) in [5.41, 5.74) is 0.914. The van der Waals surface area contributed by atoms with E-state index in [1.54, 1.807) is 0 Å². The van der Waals surface area contributed by atoms with Crippen LogP contribution in [0.2, 0.25) is 0 Å².